The molecular formula is C16H22N4O3. The summed E-state index contributed by atoms with van der Waals surface area (Å²) in [6.07, 6.45) is 8.85. The van der Waals surface area contributed by atoms with Crippen molar-refractivity contribution in [2.75, 3.05) is 24.5 Å². The highest BCUT2D eigenvalue weighted by Gasteiger charge is 2.36. The standard InChI is InChI=1S/C16H22N4O3/c21-15(20-8-2-1-3-13(20)16(22)23)12-4-9-19(10-5-12)14-11-17-6-7-18-14/h6-7,11-13H,1-5,8-10H2,(H,22,23)/t13-/m0/s1. The van der Waals surface area contributed by atoms with Crippen LogP contribution in [-0.2, 0) is 9.59 Å². The van der Waals surface area contributed by atoms with Gasteiger partial charge >= 0.3 is 5.97 Å². The maximum atomic E-state index is 12.7. The zero-order chi connectivity index (χ0) is 16.2. The van der Waals surface area contributed by atoms with Gasteiger partial charge < -0.3 is 14.9 Å². The first-order chi connectivity index (χ1) is 11.2. The van der Waals surface area contributed by atoms with E-state index >= 15 is 0 Å². The fourth-order valence-electron chi connectivity index (χ4n) is 3.50. The fourth-order valence-corrected chi connectivity index (χ4v) is 3.50. The molecule has 1 atom stereocenters. The zero-order valence-corrected chi connectivity index (χ0v) is 13.1. The summed E-state index contributed by atoms with van der Waals surface area (Å²) in [7, 11) is 0. The third-order valence-electron chi connectivity index (χ3n) is 4.79. The first kappa shape index (κ1) is 15.7. The molecule has 2 fully saturated rings. The molecule has 7 nitrogen and oxygen atoms in total. The number of piperidine rings is 2. The molecule has 2 saturated heterocycles. The van der Waals surface area contributed by atoms with Crippen LogP contribution in [-0.4, -0.2) is 57.5 Å². The van der Waals surface area contributed by atoms with Gasteiger partial charge in [-0.15, -0.1) is 0 Å². The third-order valence-corrected chi connectivity index (χ3v) is 4.79. The van der Waals surface area contributed by atoms with Crippen molar-refractivity contribution in [1.29, 1.82) is 0 Å². The molecule has 0 aliphatic carbocycles. The Kier molecular flexibility index (Phi) is 4.73. The van der Waals surface area contributed by atoms with Crippen LogP contribution in [0.4, 0.5) is 5.82 Å². The van der Waals surface area contributed by atoms with Gasteiger partial charge in [0.25, 0.3) is 0 Å². The Bertz CT molecular complexity index is 558. The Balaban J connectivity index is 1.60. The van der Waals surface area contributed by atoms with Crippen molar-refractivity contribution in [3.63, 3.8) is 0 Å². The van der Waals surface area contributed by atoms with E-state index in [2.05, 4.69) is 14.9 Å². The lowest BCUT2D eigenvalue weighted by atomic mass is 9.92. The second kappa shape index (κ2) is 6.93. The van der Waals surface area contributed by atoms with E-state index in [1.165, 1.54) is 0 Å². The number of anilines is 1. The van der Waals surface area contributed by atoms with Gasteiger partial charge in [-0.1, -0.05) is 0 Å². The quantitative estimate of drug-likeness (QED) is 0.900. The van der Waals surface area contributed by atoms with Crippen molar-refractivity contribution in [2.45, 2.75) is 38.1 Å². The summed E-state index contributed by atoms with van der Waals surface area (Å²) in [6, 6.07) is -0.644. The number of aliphatic carboxylic acids is 1. The van der Waals surface area contributed by atoms with Crippen LogP contribution in [0.5, 0.6) is 0 Å². The highest BCUT2D eigenvalue weighted by molar-refractivity contribution is 5.85. The third kappa shape index (κ3) is 3.43. The predicted octanol–water partition coefficient (Wildman–Crippen LogP) is 1.16. The van der Waals surface area contributed by atoms with E-state index in [1.807, 2.05) is 0 Å². The van der Waals surface area contributed by atoms with Crippen LogP contribution in [0.2, 0.25) is 0 Å². The lowest BCUT2D eigenvalue weighted by Crippen LogP contribution is -2.51. The number of carboxylic acid groups (broad SMARTS) is 1. The molecule has 3 heterocycles. The van der Waals surface area contributed by atoms with Crippen molar-refractivity contribution in [1.82, 2.24) is 14.9 Å². The van der Waals surface area contributed by atoms with Crippen LogP contribution in [0, 0.1) is 5.92 Å². The number of likely N-dealkylation sites (tertiary alicyclic amines) is 1. The van der Waals surface area contributed by atoms with Crippen LogP contribution in [0.3, 0.4) is 0 Å². The smallest absolute Gasteiger partial charge is 0.326 e. The molecule has 0 aromatic carbocycles. The van der Waals surface area contributed by atoms with Crippen molar-refractivity contribution >= 4 is 17.7 Å². The van der Waals surface area contributed by atoms with Crippen molar-refractivity contribution in [3.8, 4) is 0 Å². The molecule has 0 saturated carbocycles. The Morgan fingerprint density at radius 1 is 1.09 bits per heavy atom. The summed E-state index contributed by atoms with van der Waals surface area (Å²) in [5.74, 6) is -0.117. The average molecular weight is 318 g/mol. The molecule has 0 bridgehead atoms. The summed E-state index contributed by atoms with van der Waals surface area (Å²) >= 11 is 0. The van der Waals surface area contributed by atoms with E-state index in [0.717, 1.165) is 44.6 Å². The Morgan fingerprint density at radius 3 is 2.52 bits per heavy atom. The van der Waals surface area contributed by atoms with Crippen LogP contribution >= 0.6 is 0 Å². The molecule has 1 amide bonds. The molecule has 23 heavy (non-hydrogen) atoms. The Labute approximate surface area is 135 Å². The molecule has 0 spiro atoms. The number of nitrogens with zero attached hydrogens (tertiary/aromatic N) is 4. The summed E-state index contributed by atoms with van der Waals surface area (Å²) < 4.78 is 0. The number of rotatable bonds is 3. The number of carboxylic acids is 1. The van der Waals surface area contributed by atoms with Crippen LogP contribution in [0.1, 0.15) is 32.1 Å². The summed E-state index contributed by atoms with van der Waals surface area (Å²) in [5.41, 5.74) is 0. The van der Waals surface area contributed by atoms with Gasteiger partial charge in [0.1, 0.15) is 11.9 Å². The molecule has 7 heteroatoms. The monoisotopic (exact) mass is 318 g/mol. The second-order valence-electron chi connectivity index (χ2n) is 6.21. The topological polar surface area (TPSA) is 86.6 Å². The number of amides is 1. The van der Waals surface area contributed by atoms with Gasteiger partial charge in [0.15, 0.2) is 0 Å². The molecule has 0 unspecified atom stereocenters. The lowest BCUT2D eigenvalue weighted by molar-refractivity contribution is -0.154. The largest absolute Gasteiger partial charge is 0.480 e. The average Bonchev–Trinajstić information content (AvgIpc) is 2.62. The highest BCUT2D eigenvalue weighted by atomic mass is 16.4. The SMILES string of the molecule is O=C(O)[C@@H]1CCCCN1C(=O)C1CCN(c2cnccn2)CC1. The Morgan fingerprint density at radius 2 is 1.87 bits per heavy atom. The van der Waals surface area contributed by atoms with Crippen LogP contribution in [0.25, 0.3) is 0 Å². The molecule has 124 valence electrons. The van der Waals surface area contributed by atoms with Crippen molar-refractivity contribution in [3.05, 3.63) is 18.6 Å². The molecule has 2 aliphatic heterocycles. The predicted molar refractivity (Wildman–Crippen MR) is 84.0 cm³/mol. The zero-order valence-electron chi connectivity index (χ0n) is 13.1. The normalized spacial score (nSPS) is 22.9. The van der Waals surface area contributed by atoms with Crippen molar-refractivity contribution in [2.24, 2.45) is 5.92 Å². The lowest BCUT2D eigenvalue weighted by Gasteiger charge is -2.38. The molecule has 3 rings (SSSR count). The van der Waals surface area contributed by atoms with E-state index < -0.39 is 12.0 Å². The minimum Gasteiger partial charge on any atom is -0.480 e. The van der Waals surface area contributed by atoms with E-state index in [4.69, 9.17) is 0 Å². The summed E-state index contributed by atoms with van der Waals surface area (Å²) in [6.45, 7) is 2.07. The molecular weight excluding hydrogens is 296 g/mol. The molecule has 1 aromatic heterocycles. The fraction of sp³-hybridized carbons (Fsp3) is 0.625. The van der Waals surface area contributed by atoms with Crippen LogP contribution in [0.15, 0.2) is 18.6 Å². The summed E-state index contributed by atoms with van der Waals surface area (Å²) in [5, 5.41) is 9.33. The summed E-state index contributed by atoms with van der Waals surface area (Å²) in [4.78, 5) is 36.2. The number of carbonyl (C=O) groups excluding carboxylic acids is 1. The maximum Gasteiger partial charge on any atom is 0.326 e. The van der Waals surface area contributed by atoms with Crippen LogP contribution < -0.4 is 4.90 Å². The molecule has 0 radical (unpaired) electrons. The van der Waals surface area contributed by atoms with Gasteiger partial charge in [-0.2, -0.15) is 0 Å². The van der Waals surface area contributed by atoms with Gasteiger partial charge in [0.05, 0.1) is 6.20 Å². The van der Waals surface area contributed by atoms with E-state index in [-0.39, 0.29) is 11.8 Å². The molecule has 1 aromatic rings. The highest BCUT2D eigenvalue weighted by Crippen LogP contribution is 2.26. The first-order valence-electron chi connectivity index (χ1n) is 8.21. The maximum absolute atomic E-state index is 12.7. The molecule has 2 aliphatic rings. The first-order valence-corrected chi connectivity index (χ1v) is 8.21. The molecule has 1 N–H and O–H groups in total. The number of hydrogen-bond acceptors (Lipinski definition) is 5. The van der Waals surface area contributed by atoms with Gasteiger partial charge in [-0.25, -0.2) is 9.78 Å². The van der Waals surface area contributed by atoms with Gasteiger partial charge in [-0.3, -0.25) is 9.78 Å². The minimum absolute atomic E-state index is 0.0101. The Hall–Kier alpha value is -2.18. The van der Waals surface area contributed by atoms with E-state index in [1.54, 1.807) is 23.5 Å². The minimum atomic E-state index is -0.880. The van der Waals surface area contributed by atoms with E-state index in [0.29, 0.717) is 13.0 Å². The number of aromatic nitrogens is 2. The van der Waals surface area contributed by atoms with E-state index in [9.17, 15) is 14.7 Å². The van der Waals surface area contributed by atoms with Crippen molar-refractivity contribution < 1.29 is 14.7 Å². The van der Waals surface area contributed by atoms with Gasteiger partial charge in [0, 0.05) is 37.9 Å². The van der Waals surface area contributed by atoms with Gasteiger partial charge in [-0.05, 0) is 32.1 Å². The number of carbonyl (C=O) groups is 2. The van der Waals surface area contributed by atoms with Gasteiger partial charge in [0.2, 0.25) is 5.91 Å². The second-order valence-corrected chi connectivity index (χ2v) is 6.21. The number of hydrogen-bond donors (Lipinski definition) is 1.